The number of aliphatic carboxylic acids is 1. The van der Waals surface area contributed by atoms with Crippen molar-refractivity contribution in [3.63, 3.8) is 0 Å². The number of pyridine rings is 1. The van der Waals surface area contributed by atoms with Crippen LogP contribution in [0.15, 0.2) is 53.8 Å². The lowest BCUT2D eigenvalue weighted by Gasteiger charge is -2.35. The third kappa shape index (κ3) is 6.40. The Bertz CT molecular complexity index is 1080. The normalized spacial score (nSPS) is 19.5. The van der Waals surface area contributed by atoms with Gasteiger partial charge < -0.3 is 20.5 Å². The summed E-state index contributed by atoms with van der Waals surface area (Å²) in [6.07, 6.45) is 2.48. The number of carbonyl (C=O) groups is 3. The zero-order valence-corrected chi connectivity index (χ0v) is 19.2. The van der Waals surface area contributed by atoms with Crippen molar-refractivity contribution in [1.82, 2.24) is 14.8 Å². The number of nitrogens with two attached hydrogens (primary N) is 1. The standard InChI is InChI=1S/C24H28N6O5/c25-22(27-23(33)18-2-1-8-26-14-18)17-3-5-19(6-4-17)30-16-20(35-24(30)34)15-29-12-10-28(11-13-29)9-7-21(31)32/h1-6,8,14,20H,7,9-13,15-16H2,(H,31,32)(H2,25,27,33). The molecular formula is C24H28N6O5. The Balaban J connectivity index is 1.30. The Kier molecular flexibility index (Phi) is 7.68. The van der Waals surface area contributed by atoms with E-state index in [1.165, 1.54) is 6.20 Å². The molecule has 2 aliphatic heterocycles. The van der Waals surface area contributed by atoms with Crippen LogP contribution >= 0.6 is 0 Å². The highest BCUT2D eigenvalue weighted by atomic mass is 16.6. The number of ether oxygens (including phenoxy) is 1. The highest BCUT2D eigenvalue weighted by Crippen LogP contribution is 2.23. The molecule has 3 heterocycles. The van der Waals surface area contributed by atoms with E-state index < -0.39 is 18.0 Å². The second-order valence-corrected chi connectivity index (χ2v) is 8.49. The molecule has 2 aromatic rings. The van der Waals surface area contributed by atoms with Crippen LogP contribution in [-0.2, 0) is 9.53 Å². The molecule has 0 bridgehead atoms. The van der Waals surface area contributed by atoms with Gasteiger partial charge in [0, 0.05) is 62.9 Å². The average Bonchev–Trinajstić information content (AvgIpc) is 3.23. The van der Waals surface area contributed by atoms with E-state index in [0.717, 1.165) is 26.2 Å². The fourth-order valence-corrected chi connectivity index (χ4v) is 4.10. The molecule has 2 aliphatic rings. The van der Waals surface area contributed by atoms with Crippen LogP contribution in [0, 0.1) is 0 Å². The first kappa shape index (κ1) is 24.3. The molecule has 2 saturated heterocycles. The molecule has 4 rings (SSSR count). The number of aromatic nitrogens is 1. The highest BCUT2D eigenvalue weighted by Gasteiger charge is 2.34. The van der Waals surface area contributed by atoms with E-state index >= 15 is 0 Å². The van der Waals surface area contributed by atoms with Crippen molar-refractivity contribution in [2.24, 2.45) is 10.7 Å². The number of anilines is 1. The van der Waals surface area contributed by atoms with Crippen LogP contribution in [0.1, 0.15) is 22.3 Å². The van der Waals surface area contributed by atoms with Crippen LogP contribution in [-0.4, -0.2) is 95.6 Å². The lowest BCUT2D eigenvalue weighted by atomic mass is 10.1. The number of carboxylic acid groups (broad SMARTS) is 1. The SMILES string of the molecule is NC(=NC(=O)c1cccnc1)c1ccc(N2CC(CN3CCN(CCC(=O)O)CC3)OC2=O)cc1. The maximum Gasteiger partial charge on any atom is 0.414 e. The molecule has 1 aromatic carbocycles. The molecule has 11 heteroatoms. The molecule has 1 unspecified atom stereocenters. The summed E-state index contributed by atoms with van der Waals surface area (Å²) in [6, 6.07) is 10.2. The van der Waals surface area contributed by atoms with Gasteiger partial charge in [0.2, 0.25) is 0 Å². The molecular weight excluding hydrogens is 452 g/mol. The fraction of sp³-hybridized carbons (Fsp3) is 0.375. The number of aliphatic imine (C=N–C) groups is 1. The molecule has 0 aliphatic carbocycles. The molecule has 184 valence electrons. The summed E-state index contributed by atoms with van der Waals surface area (Å²) in [5, 5.41) is 8.83. The van der Waals surface area contributed by atoms with E-state index in [0.29, 0.717) is 36.4 Å². The quantitative estimate of drug-likeness (QED) is 0.419. The number of amides is 2. The van der Waals surface area contributed by atoms with Crippen molar-refractivity contribution < 1.29 is 24.2 Å². The Morgan fingerprint density at radius 1 is 1.09 bits per heavy atom. The van der Waals surface area contributed by atoms with E-state index in [1.54, 1.807) is 47.5 Å². The van der Waals surface area contributed by atoms with Crippen molar-refractivity contribution in [2.75, 3.05) is 50.7 Å². The van der Waals surface area contributed by atoms with Gasteiger partial charge in [-0.25, -0.2) is 4.79 Å². The Hall–Kier alpha value is -3.83. The Morgan fingerprint density at radius 2 is 1.80 bits per heavy atom. The third-order valence-electron chi connectivity index (χ3n) is 6.05. The van der Waals surface area contributed by atoms with Crippen LogP contribution in [0.2, 0.25) is 0 Å². The molecule has 1 atom stereocenters. The van der Waals surface area contributed by atoms with E-state index in [2.05, 4.69) is 19.8 Å². The maximum absolute atomic E-state index is 12.5. The molecule has 1 aromatic heterocycles. The smallest absolute Gasteiger partial charge is 0.414 e. The van der Waals surface area contributed by atoms with Crippen molar-refractivity contribution in [3.05, 3.63) is 59.9 Å². The van der Waals surface area contributed by atoms with Crippen molar-refractivity contribution in [1.29, 1.82) is 0 Å². The minimum absolute atomic E-state index is 0.0785. The van der Waals surface area contributed by atoms with Gasteiger partial charge in [-0.3, -0.25) is 24.4 Å². The van der Waals surface area contributed by atoms with Crippen LogP contribution in [0.25, 0.3) is 0 Å². The number of hydrogen-bond donors (Lipinski definition) is 2. The molecule has 3 N–H and O–H groups in total. The first-order chi connectivity index (χ1) is 16.9. The topological polar surface area (TPSA) is 142 Å². The monoisotopic (exact) mass is 480 g/mol. The predicted molar refractivity (Wildman–Crippen MR) is 128 cm³/mol. The lowest BCUT2D eigenvalue weighted by molar-refractivity contribution is -0.137. The number of hydrogen-bond acceptors (Lipinski definition) is 7. The Labute approximate surface area is 202 Å². The summed E-state index contributed by atoms with van der Waals surface area (Å²) < 4.78 is 5.57. The van der Waals surface area contributed by atoms with Gasteiger partial charge in [0.15, 0.2) is 0 Å². The first-order valence-corrected chi connectivity index (χ1v) is 11.4. The summed E-state index contributed by atoms with van der Waals surface area (Å²) >= 11 is 0. The molecule has 0 saturated carbocycles. The lowest BCUT2D eigenvalue weighted by Crippen LogP contribution is -2.49. The second-order valence-electron chi connectivity index (χ2n) is 8.49. The summed E-state index contributed by atoms with van der Waals surface area (Å²) in [5.41, 5.74) is 7.58. The third-order valence-corrected chi connectivity index (χ3v) is 6.05. The molecule has 11 nitrogen and oxygen atoms in total. The molecule has 2 amide bonds. The van der Waals surface area contributed by atoms with E-state index in [4.69, 9.17) is 15.6 Å². The van der Waals surface area contributed by atoms with E-state index in [9.17, 15) is 14.4 Å². The first-order valence-electron chi connectivity index (χ1n) is 11.4. The summed E-state index contributed by atoms with van der Waals surface area (Å²) in [5.74, 6) is -1.19. The van der Waals surface area contributed by atoms with E-state index in [1.807, 2.05) is 0 Å². The highest BCUT2D eigenvalue weighted by molar-refractivity contribution is 6.08. The number of nitrogens with zero attached hydrogens (tertiary/aromatic N) is 5. The summed E-state index contributed by atoms with van der Waals surface area (Å²) in [4.78, 5) is 49.2. The van der Waals surface area contributed by atoms with Crippen LogP contribution in [0.4, 0.5) is 10.5 Å². The van der Waals surface area contributed by atoms with Gasteiger partial charge in [0.25, 0.3) is 5.91 Å². The molecule has 35 heavy (non-hydrogen) atoms. The van der Waals surface area contributed by atoms with Gasteiger partial charge in [0.05, 0.1) is 18.5 Å². The number of carbonyl (C=O) groups excluding carboxylic acids is 2. The molecule has 0 spiro atoms. The number of rotatable bonds is 8. The number of piperazine rings is 1. The predicted octanol–water partition coefficient (Wildman–Crippen LogP) is 1.04. The number of cyclic esters (lactones) is 1. The Morgan fingerprint density at radius 3 is 2.46 bits per heavy atom. The second kappa shape index (κ2) is 11.1. The average molecular weight is 481 g/mol. The van der Waals surface area contributed by atoms with Gasteiger partial charge >= 0.3 is 12.1 Å². The van der Waals surface area contributed by atoms with Gasteiger partial charge in [0.1, 0.15) is 11.9 Å². The van der Waals surface area contributed by atoms with Gasteiger partial charge in [-0.05, 0) is 36.4 Å². The van der Waals surface area contributed by atoms with Crippen molar-refractivity contribution in [3.8, 4) is 0 Å². The maximum atomic E-state index is 12.5. The minimum Gasteiger partial charge on any atom is -0.481 e. The minimum atomic E-state index is -0.786. The van der Waals surface area contributed by atoms with Crippen LogP contribution in [0.5, 0.6) is 0 Å². The van der Waals surface area contributed by atoms with Crippen LogP contribution in [0.3, 0.4) is 0 Å². The van der Waals surface area contributed by atoms with Crippen LogP contribution < -0.4 is 10.6 Å². The van der Waals surface area contributed by atoms with Gasteiger partial charge in [-0.15, -0.1) is 0 Å². The van der Waals surface area contributed by atoms with Gasteiger partial charge in [-0.2, -0.15) is 4.99 Å². The molecule has 2 fully saturated rings. The van der Waals surface area contributed by atoms with E-state index in [-0.39, 0.29) is 18.4 Å². The summed E-state index contributed by atoms with van der Waals surface area (Å²) in [6.45, 7) is 4.82. The largest absolute Gasteiger partial charge is 0.481 e. The molecule has 0 radical (unpaired) electrons. The van der Waals surface area contributed by atoms with Crippen molar-refractivity contribution >= 4 is 29.5 Å². The number of benzene rings is 1. The summed E-state index contributed by atoms with van der Waals surface area (Å²) in [7, 11) is 0. The number of amidine groups is 1. The van der Waals surface area contributed by atoms with Crippen molar-refractivity contribution in [2.45, 2.75) is 12.5 Å². The fourth-order valence-electron chi connectivity index (χ4n) is 4.10. The zero-order valence-electron chi connectivity index (χ0n) is 19.2. The number of carboxylic acids is 1. The van der Waals surface area contributed by atoms with Gasteiger partial charge in [-0.1, -0.05) is 0 Å². The zero-order chi connectivity index (χ0) is 24.8.